The molecule has 4 aromatic rings. The second-order valence-electron chi connectivity index (χ2n) is 6.97. The number of thiophene rings is 1. The Bertz CT molecular complexity index is 1370. The summed E-state index contributed by atoms with van der Waals surface area (Å²) in [6.45, 7) is 3.60. The summed E-state index contributed by atoms with van der Waals surface area (Å²) >= 11 is 17.0. The van der Waals surface area contributed by atoms with E-state index in [1.54, 1.807) is 25.1 Å². The Morgan fingerprint density at radius 3 is 2.61 bits per heavy atom. The number of halogens is 3. The number of hydrogen-bond acceptors (Lipinski definition) is 4. The van der Waals surface area contributed by atoms with Crippen molar-refractivity contribution in [2.75, 3.05) is 5.32 Å². The van der Waals surface area contributed by atoms with Gasteiger partial charge in [-0.2, -0.15) is 0 Å². The standard InChI is InChI=1S/C22H16BrCl2N3O2S/c1-11(20(29)27-17-9-15(24)7-8-16(17)25)28-10-26-21-19(22(28)30)18(12(2)31-21)13-3-5-14(23)6-4-13/h3-11H,1-2H3,(H,27,29). The molecule has 0 saturated heterocycles. The number of benzene rings is 2. The van der Waals surface area contributed by atoms with Gasteiger partial charge in [-0.05, 0) is 49.7 Å². The summed E-state index contributed by atoms with van der Waals surface area (Å²) in [6, 6.07) is 11.7. The van der Waals surface area contributed by atoms with Gasteiger partial charge in [-0.1, -0.05) is 51.3 Å². The normalized spacial score (nSPS) is 12.2. The third kappa shape index (κ3) is 4.28. The zero-order valence-electron chi connectivity index (χ0n) is 16.4. The molecule has 2 heterocycles. The third-order valence-corrected chi connectivity index (χ3v) is 7.04. The van der Waals surface area contributed by atoms with Gasteiger partial charge in [0.2, 0.25) is 5.91 Å². The van der Waals surface area contributed by atoms with Crippen LogP contribution in [-0.4, -0.2) is 15.5 Å². The summed E-state index contributed by atoms with van der Waals surface area (Å²) in [6.07, 6.45) is 1.41. The van der Waals surface area contributed by atoms with Crippen LogP contribution in [0.5, 0.6) is 0 Å². The molecule has 0 aliphatic heterocycles. The monoisotopic (exact) mass is 535 g/mol. The van der Waals surface area contributed by atoms with Crippen LogP contribution in [-0.2, 0) is 4.79 Å². The lowest BCUT2D eigenvalue weighted by Crippen LogP contribution is -2.31. The van der Waals surface area contributed by atoms with Crippen LogP contribution in [0.2, 0.25) is 10.0 Å². The van der Waals surface area contributed by atoms with Crippen LogP contribution in [0.25, 0.3) is 21.3 Å². The van der Waals surface area contributed by atoms with Gasteiger partial charge in [0.25, 0.3) is 5.56 Å². The number of aryl methyl sites for hydroxylation is 1. The average molecular weight is 537 g/mol. The van der Waals surface area contributed by atoms with Gasteiger partial charge in [0.05, 0.1) is 22.4 Å². The van der Waals surface area contributed by atoms with Crippen molar-refractivity contribution in [1.82, 2.24) is 9.55 Å². The van der Waals surface area contributed by atoms with Gasteiger partial charge in [-0.3, -0.25) is 14.2 Å². The topological polar surface area (TPSA) is 64.0 Å². The maximum atomic E-state index is 13.4. The summed E-state index contributed by atoms with van der Waals surface area (Å²) in [5.41, 5.74) is 1.87. The van der Waals surface area contributed by atoms with Gasteiger partial charge in [0.15, 0.2) is 0 Å². The van der Waals surface area contributed by atoms with E-state index in [-0.39, 0.29) is 5.56 Å². The fourth-order valence-electron chi connectivity index (χ4n) is 3.31. The first-order valence-electron chi connectivity index (χ1n) is 9.28. The first-order chi connectivity index (χ1) is 14.8. The van der Waals surface area contributed by atoms with E-state index >= 15 is 0 Å². The number of rotatable bonds is 4. The molecule has 0 aliphatic rings. The predicted molar refractivity (Wildman–Crippen MR) is 132 cm³/mol. The number of carbonyl (C=O) groups excluding carboxylic acids is 1. The Morgan fingerprint density at radius 1 is 1.19 bits per heavy atom. The third-order valence-electron chi connectivity index (χ3n) is 4.93. The Balaban J connectivity index is 1.76. The molecular weight excluding hydrogens is 521 g/mol. The highest BCUT2D eigenvalue weighted by Crippen LogP contribution is 2.36. The van der Waals surface area contributed by atoms with Gasteiger partial charge in [-0.15, -0.1) is 11.3 Å². The number of nitrogens with zero attached hydrogens (tertiary/aromatic N) is 2. The molecule has 1 unspecified atom stereocenters. The summed E-state index contributed by atoms with van der Waals surface area (Å²) in [5.74, 6) is -0.399. The Morgan fingerprint density at radius 2 is 1.90 bits per heavy atom. The zero-order valence-corrected chi connectivity index (χ0v) is 20.4. The van der Waals surface area contributed by atoms with Crippen LogP contribution >= 0.6 is 50.5 Å². The van der Waals surface area contributed by atoms with Gasteiger partial charge in [0, 0.05) is 19.9 Å². The van der Waals surface area contributed by atoms with Crippen molar-refractivity contribution in [3.63, 3.8) is 0 Å². The smallest absolute Gasteiger partial charge is 0.263 e. The summed E-state index contributed by atoms with van der Waals surface area (Å²) in [4.78, 5) is 32.4. The number of amides is 1. The highest BCUT2D eigenvalue weighted by molar-refractivity contribution is 9.10. The number of carbonyl (C=O) groups is 1. The molecule has 0 fully saturated rings. The molecule has 0 saturated carbocycles. The van der Waals surface area contributed by atoms with Crippen molar-refractivity contribution in [3.8, 4) is 11.1 Å². The van der Waals surface area contributed by atoms with Crippen LogP contribution in [0.4, 0.5) is 5.69 Å². The summed E-state index contributed by atoms with van der Waals surface area (Å²) in [5, 5.41) is 4.05. The highest BCUT2D eigenvalue weighted by atomic mass is 79.9. The number of nitrogens with one attached hydrogen (secondary N) is 1. The van der Waals surface area contributed by atoms with E-state index in [0.29, 0.717) is 25.9 Å². The quantitative estimate of drug-likeness (QED) is 0.315. The molecule has 1 atom stereocenters. The van der Waals surface area contributed by atoms with E-state index in [2.05, 4.69) is 26.2 Å². The highest BCUT2D eigenvalue weighted by Gasteiger charge is 2.22. The molecule has 5 nitrogen and oxygen atoms in total. The molecular formula is C22H16BrCl2N3O2S. The maximum absolute atomic E-state index is 13.4. The van der Waals surface area contributed by atoms with Crippen molar-refractivity contribution in [3.05, 3.63) is 78.5 Å². The molecule has 1 amide bonds. The lowest BCUT2D eigenvalue weighted by Gasteiger charge is -2.16. The van der Waals surface area contributed by atoms with E-state index < -0.39 is 11.9 Å². The summed E-state index contributed by atoms with van der Waals surface area (Å²) < 4.78 is 2.29. The number of anilines is 1. The van der Waals surface area contributed by atoms with E-state index in [1.165, 1.54) is 22.2 Å². The molecule has 0 spiro atoms. The van der Waals surface area contributed by atoms with E-state index in [0.717, 1.165) is 20.5 Å². The fourth-order valence-corrected chi connectivity index (χ4v) is 4.92. The van der Waals surface area contributed by atoms with Crippen LogP contribution in [0.15, 0.2) is 58.1 Å². The van der Waals surface area contributed by atoms with Crippen molar-refractivity contribution in [2.45, 2.75) is 19.9 Å². The second kappa shape index (κ2) is 8.74. The van der Waals surface area contributed by atoms with Crippen molar-refractivity contribution in [2.24, 2.45) is 0 Å². The Hall–Kier alpha value is -2.19. The molecule has 2 aromatic carbocycles. The fraction of sp³-hybridized carbons (Fsp3) is 0.136. The largest absolute Gasteiger partial charge is 0.323 e. The van der Waals surface area contributed by atoms with Crippen LogP contribution in [0.3, 0.4) is 0 Å². The van der Waals surface area contributed by atoms with E-state index in [1.807, 2.05) is 31.2 Å². The molecule has 31 heavy (non-hydrogen) atoms. The second-order valence-corrected chi connectivity index (χ2v) is 9.93. The average Bonchev–Trinajstić information content (AvgIpc) is 3.08. The Kier molecular flexibility index (Phi) is 6.21. The van der Waals surface area contributed by atoms with Gasteiger partial charge < -0.3 is 5.32 Å². The van der Waals surface area contributed by atoms with Crippen molar-refractivity contribution < 1.29 is 4.79 Å². The molecule has 0 radical (unpaired) electrons. The zero-order chi connectivity index (χ0) is 22.3. The summed E-state index contributed by atoms with van der Waals surface area (Å²) in [7, 11) is 0. The maximum Gasteiger partial charge on any atom is 0.263 e. The SMILES string of the molecule is Cc1sc2ncn(C(C)C(=O)Nc3cc(Cl)ccc3Cl)c(=O)c2c1-c1ccc(Br)cc1. The van der Waals surface area contributed by atoms with Gasteiger partial charge in [-0.25, -0.2) is 4.98 Å². The van der Waals surface area contributed by atoms with Gasteiger partial charge >= 0.3 is 0 Å². The minimum absolute atomic E-state index is 0.271. The van der Waals surface area contributed by atoms with Crippen LogP contribution < -0.4 is 10.9 Å². The minimum Gasteiger partial charge on any atom is -0.323 e. The molecule has 0 bridgehead atoms. The molecule has 9 heteroatoms. The Labute approximate surface area is 200 Å². The molecule has 0 aliphatic carbocycles. The van der Waals surface area contributed by atoms with E-state index in [4.69, 9.17) is 23.2 Å². The molecule has 4 rings (SSSR count). The first-order valence-corrected chi connectivity index (χ1v) is 11.6. The van der Waals surface area contributed by atoms with Crippen LogP contribution in [0, 0.1) is 6.92 Å². The predicted octanol–water partition coefficient (Wildman–Crippen LogP) is 6.70. The first kappa shape index (κ1) is 22.0. The lowest BCUT2D eigenvalue weighted by atomic mass is 10.0. The molecule has 1 N–H and O–H groups in total. The van der Waals surface area contributed by atoms with Crippen molar-refractivity contribution >= 4 is 72.3 Å². The van der Waals surface area contributed by atoms with Crippen LogP contribution in [0.1, 0.15) is 17.8 Å². The molecule has 158 valence electrons. The molecule has 2 aromatic heterocycles. The lowest BCUT2D eigenvalue weighted by molar-refractivity contribution is -0.118. The number of fused-ring (bicyclic) bond motifs is 1. The number of aromatic nitrogens is 2. The minimum atomic E-state index is -0.808. The van der Waals surface area contributed by atoms with Gasteiger partial charge in [0.1, 0.15) is 10.9 Å². The number of hydrogen-bond donors (Lipinski definition) is 1. The van der Waals surface area contributed by atoms with E-state index in [9.17, 15) is 9.59 Å². The van der Waals surface area contributed by atoms with Crippen molar-refractivity contribution in [1.29, 1.82) is 0 Å².